The van der Waals surface area contributed by atoms with Gasteiger partial charge in [-0.1, -0.05) is 48.0 Å². The Labute approximate surface area is 164 Å². The van der Waals surface area contributed by atoms with Crippen LogP contribution in [0.4, 0.5) is 0 Å². The highest BCUT2D eigenvalue weighted by Crippen LogP contribution is 2.21. The highest BCUT2D eigenvalue weighted by molar-refractivity contribution is 9.10. The Balaban J connectivity index is 1.91. The summed E-state index contributed by atoms with van der Waals surface area (Å²) < 4.78 is 2.28. The van der Waals surface area contributed by atoms with Crippen LogP contribution >= 0.6 is 15.9 Å². The van der Waals surface area contributed by atoms with Crippen molar-refractivity contribution >= 4 is 44.0 Å². The van der Waals surface area contributed by atoms with Gasteiger partial charge in [0.1, 0.15) is 5.82 Å². The molecule has 0 radical (unpaired) electrons. The van der Waals surface area contributed by atoms with Gasteiger partial charge < -0.3 is 4.98 Å². The zero-order chi connectivity index (χ0) is 19.0. The van der Waals surface area contributed by atoms with Crippen LogP contribution in [0, 0.1) is 0 Å². The number of aromatic amines is 1. The molecule has 0 unspecified atom stereocenters. The Hall–Kier alpha value is -2.73. The first-order valence-corrected chi connectivity index (χ1v) is 9.70. The molecule has 0 spiro atoms. The van der Waals surface area contributed by atoms with Crippen molar-refractivity contribution in [2.24, 2.45) is 5.10 Å². The molecular formula is C21H19BrN4O. The predicted molar refractivity (Wildman–Crippen MR) is 114 cm³/mol. The van der Waals surface area contributed by atoms with Gasteiger partial charge in [0.25, 0.3) is 5.56 Å². The lowest BCUT2D eigenvalue weighted by Crippen LogP contribution is -2.23. The molecule has 0 amide bonds. The third kappa shape index (κ3) is 3.21. The van der Waals surface area contributed by atoms with Crippen molar-refractivity contribution in [2.75, 3.05) is 0 Å². The van der Waals surface area contributed by atoms with Gasteiger partial charge in [0.15, 0.2) is 0 Å². The molecule has 0 fully saturated rings. The first-order chi connectivity index (χ1) is 13.1. The predicted octanol–water partition coefficient (Wildman–Crippen LogP) is 5.04. The average molecular weight is 423 g/mol. The molecule has 6 heteroatoms. The summed E-state index contributed by atoms with van der Waals surface area (Å²) >= 11 is 3.43. The first-order valence-electron chi connectivity index (χ1n) is 8.91. The highest BCUT2D eigenvalue weighted by Gasteiger charge is 2.15. The van der Waals surface area contributed by atoms with Gasteiger partial charge in [-0.3, -0.25) is 4.79 Å². The summed E-state index contributed by atoms with van der Waals surface area (Å²) in [5.41, 5.74) is 2.50. The summed E-state index contributed by atoms with van der Waals surface area (Å²) in [6.07, 6.45) is 4.49. The molecule has 0 aliphatic carbocycles. The molecule has 0 saturated heterocycles. The van der Waals surface area contributed by atoms with E-state index < -0.39 is 0 Å². The number of hydrogen-bond acceptors (Lipinski definition) is 3. The molecule has 0 aliphatic heterocycles. The minimum atomic E-state index is -0.160. The van der Waals surface area contributed by atoms with E-state index in [-0.39, 0.29) is 11.5 Å². The van der Waals surface area contributed by atoms with Crippen molar-refractivity contribution in [3.8, 4) is 0 Å². The van der Waals surface area contributed by atoms with Crippen molar-refractivity contribution in [2.45, 2.75) is 26.2 Å². The fourth-order valence-electron chi connectivity index (χ4n) is 3.10. The van der Waals surface area contributed by atoms with Gasteiger partial charge in [0, 0.05) is 33.1 Å². The number of aromatic nitrogens is 3. The van der Waals surface area contributed by atoms with Gasteiger partial charge in [-0.2, -0.15) is 9.78 Å². The van der Waals surface area contributed by atoms with Crippen molar-refractivity contribution in [3.63, 3.8) is 0 Å². The lowest BCUT2D eigenvalue weighted by molar-refractivity contribution is 0.613. The topological polar surface area (TPSA) is 63.0 Å². The summed E-state index contributed by atoms with van der Waals surface area (Å²) in [6.45, 7) is 4.14. The van der Waals surface area contributed by atoms with Crippen LogP contribution in [0.5, 0.6) is 0 Å². The van der Waals surface area contributed by atoms with Crippen molar-refractivity contribution in [1.82, 2.24) is 14.6 Å². The van der Waals surface area contributed by atoms with Gasteiger partial charge in [-0.25, -0.2) is 4.98 Å². The van der Waals surface area contributed by atoms with Gasteiger partial charge in [0.2, 0.25) is 0 Å². The Morgan fingerprint density at radius 1 is 1.26 bits per heavy atom. The zero-order valence-electron chi connectivity index (χ0n) is 15.1. The smallest absolute Gasteiger partial charge is 0.282 e. The van der Waals surface area contributed by atoms with E-state index in [0.717, 1.165) is 27.4 Å². The summed E-state index contributed by atoms with van der Waals surface area (Å²) in [6, 6.07) is 13.6. The van der Waals surface area contributed by atoms with Crippen LogP contribution in [0.2, 0.25) is 0 Å². The zero-order valence-corrected chi connectivity index (χ0v) is 16.7. The lowest BCUT2D eigenvalue weighted by Gasteiger charge is -2.13. The second-order valence-corrected chi connectivity index (χ2v) is 7.51. The second kappa shape index (κ2) is 7.12. The standard InChI is InChI=1S/C21H19BrN4O/c1-3-13(2)20-25-19-9-8-15(22)10-17(19)21(27)26(20)24-12-14-11-23-18-7-5-4-6-16(14)18/h4-13,23H,3H2,1-2H3/t13-/m1/s1. The molecule has 4 aromatic rings. The SMILES string of the molecule is CC[C@@H](C)c1nc2ccc(Br)cc2c(=O)n1N=Cc1c[nH]c2ccccc12. The van der Waals surface area contributed by atoms with Crippen LogP contribution in [0.1, 0.15) is 37.6 Å². The van der Waals surface area contributed by atoms with E-state index in [9.17, 15) is 4.79 Å². The quantitative estimate of drug-likeness (QED) is 0.468. The molecular weight excluding hydrogens is 404 g/mol. The molecule has 1 atom stereocenters. The molecule has 1 N–H and O–H groups in total. The largest absolute Gasteiger partial charge is 0.361 e. The van der Waals surface area contributed by atoms with Gasteiger partial charge in [0.05, 0.1) is 17.1 Å². The first kappa shape index (κ1) is 17.7. The summed E-state index contributed by atoms with van der Waals surface area (Å²) in [5.74, 6) is 0.791. The normalized spacial score (nSPS) is 13.0. The molecule has 2 aromatic carbocycles. The number of rotatable bonds is 4. The van der Waals surface area contributed by atoms with Crippen LogP contribution < -0.4 is 5.56 Å². The van der Waals surface area contributed by atoms with E-state index in [4.69, 9.17) is 4.98 Å². The van der Waals surface area contributed by atoms with E-state index in [1.165, 1.54) is 4.68 Å². The maximum Gasteiger partial charge on any atom is 0.282 e. The fraction of sp³-hybridized carbons (Fsp3) is 0.190. The fourth-order valence-corrected chi connectivity index (χ4v) is 3.46. The average Bonchev–Trinajstić information content (AvgIpc) is 3.10. The number of nitrogens with zero attached hydrogens (tertiary/aromatic N) is 3. The van der Waals surface area contributed by atoms with E-state index in [1.807, 2.05) is 42.6 Å². The molecule has 2 aromatic heterocycles. The molecule has 27 heavy (non-hydrogen) atoms. The Morgan fingerprint density at radius 2 is 2.07 bits per heavy atom. The second-order valence-electron chi connectivity index (χ2n) is 6.59. The summed E-state index contributed by atoms with van der Waals surface area (Å²) in [7, 11) is 0. The van der Waals surface area contributed by atoms with Crippen molar-refractivity contribution < 1.29 is 0 Å². The molecule has 0 aliphatic rings. The number of para-hydroxylation sites is 1. The molecule has 2 heterocycles. The van der Waals surface area contributed by atoms with Crippen LogP contribution in [-0.4, -0.2) is 20.9 Å². The third-order valence-electron chi connectivity index (χ3n) is 4.82. The molecule has 4 rings (SSSR count). The number of nitrogens with one attached hydrogen (secondary N) is 1. The number of benzene rings is 2. The van der Waals surface area contributed by atoms with Crippen LogP contribution in [0.25, 0.3) is 21.8 Å². The minimum absolute atomic E-state index is 0.117. The Bertz CT molecular complexity index is 1220. The lowest BCUT2D eigenvalue weighted by atomic mass is 10.1. The summed E-state index contributed by atoms with van der Waals surface area (Å²) in [4.78, 5) is 21.1. The van der Waals surface area contributed by atoms with Crippen molar-refractivity contribution in [1.29, 1.82) is 0 Å². The molecule has 136 valence electrons. The van der Waals surface area contributed by atoms with Gasteiger partial charge >= 0.3 is 0 Å². The Kier molecular flexibility index (Phi) is 4.66. The van der Waals surface area contributed by atoms with E-state index >= 15 is 0 Å². The highest BCUT2D eigenvalue weighted by atomic mass is 79.9. The van der Waals surface area contributed by atoms with E-state index in [0.29, 0.717) is 16.7 Å². The Morgan fingerprint density at radius 3 is 2.89 bits per heavy atom. The minimum Gasteiger partial charge on any atom is -0.361 e. The summed E-state index contributed by atoms with van der Waals surface area (Å²) in [5, 5.41) is 6.14. The van der Waals surface area contributed by atoms with Gasteiger partial charge in [-0.05, 0) is 30.7 Å². The number of fused-ring (bicyclic) bond motifs is 2. The number of hydrogen-bond donors (Lipinski definition) is 1. The molecule has 5 nitrogen and oxygen atoms in total. The van der Waals surface area contributed by atoms with Crippen LogP contribution in [0.3, 0.4) is 0 Å². The maximum atomic E-state index is 13.1. The molecule has 0 bridgehead atoms. The number of H-pyrrole nitrogens is 1. The molecule has 0 saturated carbocycles. The van der Waals surface area contributed by atoms with Crippen LogP contribution in [-0.2, 0) is 0 Å². The van der Waals surface area contributed by atoms with Crippen molar-refractivity contribution in [3.05, 3.63) is 74.9 Å². The van der Waals surface area contributed by atoms with E-state index in [1.54, 1.807) is 12.3 Å². The third-order valence-corrected chi connectivity index (χ3v) is 5.31. The number of halogens is 1. The monoisotopic (exact) mass is 422 g/mol. The van der Waals surface area contributed by atoms with E-state index in [2.05, 4.69) is 39.9 Å². The van der Waals surface area contributed by atoms with Crippen LogP contribution in [0.15, 0.2) is 63.0 Å². The maximum absolute atomic E-state index is 13.1. The van der Waals surface area contributed by atoms with Gasteiger partial charge in [-0.15, -0.1) is 0 Å².